The van der Waals surface area contributed by atoms with Gasteiger partial charge in [-0.05, 0) is 36.2 Å². The smallest absolute Gasteiger partial charge is 0.475 e. The van der Waals surface area contributed by atoms with Crippen molar-refractivity contribution in [1.29, 1.82) is 0 Å². The van der Waals surface area contributed by atoms with Crippen LogP contribution in [0.15, 0.2) is 48.8 Å². The molecule has 1 amide bonds. The molecule has 11 heteroatoms. The number of hydrogen-bond acceptors (Lipinski definition) is 5. The highest BCUT2D eigenvalue weighted by molar-refractivity contribution is 5.94. The first-order valence-electron chi connectivity index (χ1n) is 10.1. The van der Waals surface area contributed by atoms with Crippen molar-refractivity contribution in [1.82, 2.24) is 9.88 Å². The second kappa shape index (κ2) is 10.3. The molecule has 2 aliphatic rings. The molecule has 0 radical (unpaired) electrons. The van der Waals surface area contributed by atoms with Gasteiger partial charge in [-0.3, -0.25) is 9.78 Å². The van der Waals surface area contributed by atoms with Crippen molar-refractivity contribution in [3.05, 3.63) is 65.7 Å². The molecule has 7 nitrogen and oxygen atoms in total. The number of halogens is 4. The SMILES string of the molecule is O=C(O)C(F)(F)F.O=C(c1cccc(F)c1)N1CC[C@]2(C[C@H](OCc3cccnc3)CO2)C1. The summed E-state index contributed by atoms with van der Waals surface area (Å²) in [5.74, 6) is -3.30. The minimum atomic E-state index is -5.08. The average molecular weight is 470 g/mol. The predicted molar refractivity (Wildman–Crippen MR) is 107 cm³/mol. The molecule has 2 saturated heterocycles. The van der Waals surface area contributed by atoms with Gasteiger partial charge in [0.15, 0.2) is 0 Å². The Morgan fingerprint density at radius 2 is 2.03 bits per heavy atom. The van der Waals surface area contributed by atoms with Crippen LogP contribution in [0.5, 0.6) is 0 Å². The van der Waals surface area contributed by atoms with Gasteiger partial charge in [0.05, 0.1) is 31.5 Å². The van der Waals surface area contributed by atoms with Crippen LogP contribution < -0.4 is 0 Å². The molecule has 0 unspecified atom stereocenters. The Kier molecular flexibility index (Phi) is 7.65. The van der Waals surface area contributed by atoms with E-state index in [2.05, 4.69) is 4.98 Å². The lowest BCUT2D eigenvalue weighted by atomic mass is 9.98. The molecule has 1 aromatic heterocycles. The molecular weight excluding hydrogens is 448 g/mol. The number of alkyl halides is 3. The topological polar surface area (TPSA) is 89.0 Å². The number of rotatable bonds is 4. The summed E-state index contributed by atoms with van der Waals surface area (Å²) in [5.41, 5.74) is 1.06. The zero-order chi connectivity index (χ0) is 24.1. The number of aromatic nitrogens is 1. The van der Waals surface area contributed by atoms with E-state index in [9.17, 15) is 22.4 Å². The van der Waals surface area contributed by atoms with Crippen LogP contribution in [-0.4, -0.2) is 64.4 Å². The summed E-state index contributed by atoms with van der Waals surface area (Å²) < 4.78 is 57.1. The van der Waals surface area contributed by atoms with Crippen LogP contribution in [0.4, 0.5) is 17.6 Å². The Hall–Kier alpha value is -3.05. The molecular formula is C22H22F4N2O5. The number of carboxylic acids is 1. The molecule has 178 valence electrons. The van der Waals surface area contributed by atoms with Crippen molar-refractivity contribution < 1.29 is 41.7 Å². The number of hydrogen-bond donors (Lipinski definition) is 1. The Balaban J connectivity index is 0.000000383. The second-order valence-corrected chi connectivity index (χ2v) is 7.78. The maximum Gasteiger partial charge on any atom is 0.490 e. The van der Waals surface area contributed by atoms with Gasteiger partial charge in [-0.1, -0.05) is 12.1 Å². The highest BCUT2D eigenvalue weighted by Gasteiger charge is 2.47. The molecule has 2 atom stereocenters. The first-order chi connectivity index (χ1) is 15.6. The van der Waals surface area contributed by atoms with Crippen molar-refractivity contribution in [3.63, 3.8) is 0 Å². The summed E-state index contributed by atoms with van der Waals surface area (Å²) in [5, 5.41) is 7.12. The van der Waals surface area contributed by atoms with Gasteiger partial charge in [-0.15, -0.1) is 0 Å². The van der Waals surface area contributed by atoms with Crippen molar-refractivity contribution in [2.75, 3.05) is 19.7 Å². The summed E-state index contributed by atoms with van der Waals surface area (Å²) in [6.45, 7) is 2.17. The molecule has 3 heterocycles. The largest absolute Gasteiger partial charge is 0.490 e. The maximum atomic E-state index is 13.4. The molecule has 2 fully saturated rings. The van der Waals surface area contributed by atoms with Crippen LogP contribution in [0.1, 0.15) is 28.8 Å². The van der Waals surface area contributed by atoms with Crippen molar-refractivity contribution >= 4 is 11.9 Å². The lowest BCUT2D eigenvalue weighted by Gasteiger charge is -2.23. The van der Waals surface area contributed by atoms with E-state index in [4.69, 9.17) is 19.4 Å². The summed E-state index contributed by atoms with van der Waals surface area (Å²) in [4.78, 5) is 27.3. The predicted octanol–water partition coefficient (Wildman–Crippen LogP) is 3.44. The van der Waals surface area contributed by atoms with Gasteiger partial charge >= 0.3 is 12.1 Å². The van der Waals surface area contributed by atoms with Crippen LogP contribution in [0.3, 0.4) is 0 Å². The number of aliphatic carboxylic acids is 1. The number of ether oxygens (including phenoxy) is 2. The normalized spacial score (nSPS) is 22.2. The van der Waals surface area contributed by atoms with Crippen molar-refractivity contribution in [2.24, 2.45) is 0 Å². The highest BCUT2D eigenvalue weighted by atomic mass is 19.4. The number of carboxylic acid groups (broad SMARTS) is 1. The zero-order valence-corrected chi connectivity index (χ0v) is 17.4. The van der Waals surface area contributed by atoms with E-state index in [1.807, 2.05) is 12.1 Å². The molecule has 2 aromatic rings. The third kappa shape index (κ3) is 6.72. The van der Waals surface area contributed by atoms with Gasteiger partial charge in [-0.2, -0.15) is 13.2 Å². The monoisotopic (exact) mass is 470 g/mol. The molecule has 0 saturated carbocycles. The summed E-state index contributed by atoms with van der Waals surface area (Å²) in [7, 11) is 0. The quantitative estimate of drug-likeness (QED) is 0.689. The summed E-state index contributed by atoms with van der Waals surface area (Å²) >= 11 is 0. The molecule has 4 rings (SSSR count). The fourth-order valence-corrected chi connectivity index (χ4v) is 3.71. The Morgan fingerprint density at radius 3 is 2.67 bits per heavy atom. The van der Waals surface area contributed by atoms with Gasteiger partial charge in [0.2, 0.25) is 0 Å². The van der Waals surface area contributed by atoms with Crippen LogP contribution in [0, 0.1) is 5.82 Å². The van der Waals surface area contributed by atoms with E-state index in [0.29, 0.717) is 31.9 Å². The number of likely N-dealkylation sites (tertiary alicyclic amines) is 1. The fraction of sp³-hybridized carbons (Fsp3) is 0.409. The average Bonchev–Trinajstić information content (AvgIpc) is 3.39. The Bertz CT molecular complexity index is 973. The fourth-order valence-electron chi connectivity index (χ4n) is 3.71. The van der Waals surface area contributed by atoms with E-state index >= 15 is 0 Å². The van der Waals surface area contributed by atoms with Crippen molar-refractivity contribution in [2.45, 2.75) is 37.3 Å². The third-order valence-corrected chi connectivity index (χ3v) is 5.30. The lowest BCUT2D eigenvalue weighted by molar-refractivity contribution is -0.192. The van der Waals surface area contributed by atoms with Crippen LogP contribution >= 0.6 is 0 Å². The van der Waals surface area contributed by atoms with E-state index in [0.717, 1.165) is 18.4 Å². The number of pyridine rings is 1. The van der Waals surface area contributed by atoms with Gasteiger partial charge < -0.3 is 19.5 Å². The molecule has 1 N–H and O–H groups in total. The van der Waals surface area contributed by atoms with Crippen LogP contribution in [0.25, 0.3) is 0 Å². The number of carbonyl (C=O) groups excluding carboxylic acids is 1. The number of amides is 1. The zero-order valence-electron chi connectivity index (χ0n) is 17.4. The maximum absolute atomic E-state index is 13.4. The first kappa shape index (κ1) is 24.6. The van der Waals surface area contributed by atoms with E-state index in [-0.39, 0.29) is 17.6 Å². The number of nitrogens with zero attached hydrogens (tertiary/aromatic N) is 2. The Labute approximate surface area is 186 Å². The minimum absolute atomic E-state index is 0.0134. The van der Waals surface area contributed by atoms with Crippen LogP contribution in [0.2, 0.25) is 0 Å². The first-order valence-corrected chi connectivity index (χ1v) is 10.1. The summed E-state index contributed by atoms with van der Waals surface area (Å²) in [6, 6.07) is 9.69. The van der Waals surface area contributed by atoms with Gasteiger partial charge in [0.25, 0.3) is 5.91 Å². The Morgan fingerprint density at radius 1 is 1.27 bits per heavy atom. The lowest BCUT2D eigenvalue weighted by Crippen LogP contribution is -2.36. The van der Waals surface area contributed by atoms with E-state index in [1.54, 1.807) is 29.4 Å². The number of benzene rings is 1. The summed E-state index contributed by atoms with van der Waals surface area (Å²) in [6.07, 6.45) is 0.000902. The van der Waals surface area contributed by atoms with Gasteiger partial charge in [0, 0.05) is 30.9 Å². The van der Waals surface area contributed by atoms with Gasteiger partial charge in [-0.25, -0.2) is 9.18 Å². The van der Waals surface area contributed by atoms with E-state index < -0.39 is 18.0 Å². The van der Waals surface area contributed by atoms with E-state index in [1.165, 1.54) is 12.1 Å². The second-order valence-electron chi connectivity index (χ2n) is 7.78. The van der Waals surface area contributed by atoms with Gasteiger partial charge in [0.1, 0.15) is 5.82 Å². The molecule has 1 spiro atoms. The number of carbonyl (C=O) groups is 2. The molecule has 0 aliphatic carbocycles. The van der Waals surface area contributed by atoms with Crippen molar-refractivity contribution in [3.8, 4) is 0 Å². The molecule has 1 aromatic carbocycles. The highest BCUT2D eigenvalue weighted by Crippen LogP contribution is 2.37. The van der Waals surface area contributed by atoms with Crippen LogP contribution in [-0.2, 0) is 20.9 Å². The third-order valence-electron chi connectivity index (χ3n) is 5.30. The molecule has 2 aliphatic heterocycles. The molecule has 33 heavy (non-hydrogen) atoms. The minimum Gasteiger partial charge on any atom is -0.475 e. The molecule has 0 bridgehead atoms. The standard InChI is InChI=1S/C20H21FN2O3.C2HF3O2/c21-17-5-1-4-16(9-17)19(24)23-8-6-20(14-23)10-18(13-26-20)25-12-15-3-2-7-22-11-15;3-2(4,5)1(6)7/h1-5,7,9,11,18H,6,8,10,12-14H2;(H,6,7)/t18-,20-;/m0./s1.